The lowest BCUT2D eigenvalue weighted by Gasteiger charge is -2.34. The van der Waals surface area contributed by atoms with Crippen LogP contribution in [0.4, 0.5) is 10.3 Å². The van der Waals surface area contributed by atoms with Crippen molar-refractivity contribution in [1.29, 1.82) is 5.26 Å². The van der Waals surface area contributed by atoms with E-state index >= 15 is 0 Å². The Hall–Kier alpha value is -2.39. The van der Waals surface area contributed by atoms with Gasteiger partial charge >= 0.3 is 0 Å². The van der Waals surface area contributed by atoms with Crippen LogP contribution in [0, 0.1) is 17.1 Å². The topological polar surface area (TPSA) is 62.3 Å². The SMILES string of the molecule is CC1CN(c2oc(-c3ccccc3F)nc2C#N)CC(C)O1. The smallest absolute Gasteiger partial charge is 0.235 e. The number of ether oxygens (including phenoxy) is 1. The molecule has 0 aliphatic carbocycles. The van der Waals surface area contributed by atoms with Crippen molar-refractivity contribution in [1.82, 2.24) is 4.98 Å². The van der Waals surface area contributed by atoms with Crippen LogP contribution >= 0.6 is 0 Å². The average Bonchev–Trinajstić information content (AvgIpc) is 2.91. The van der Waals surface area contributed by atoms with Gasteiger partial charge in [0.2, 0.25) is 17.5 Å². The molecule has 6 heteroatoms. The summed E-state index contributed by atoms with van der Waals surface area (Å²) < 4.78 is 25.3. The van der Waals surface area contributed by atoms with E-state index in [1.807, 2.05) is 24.8 Å². The molecule has 2 unspecified atom stereocenters. The van der Waals surface area contributed by atoms with Gasteiger partial charge < -0.3 is 14.1 Å². The maximum atomic E-state index is 13.9. The van der Waals surface area contributed by atoms with Gasteiger partial charge in [-0.15, -0.1) is 0 Å². The second kappa shape index (κ2) is 5.78. The van der Waals surface area contributed by atoms with Gasteiger partial charge in [-0.3, -0.25) is 0 Å². The molecule has 2 aromatic rings. The van der Waals surface area contributed by atoms with E-state index in [1.165, 1.54) is 6.07 Å². The van der Waals surface area contributed by atoms with Gasteiger partial charge in [-0.25, -0.2) is 4.39 Å². The largest absolute Gasteiger partial charge is 0.419 e. The molecule has 1 saturated heterocycles. The van der Waals surface area contributed by atoms with Crippen molar-refractivity contribution in [3.63, 3.8) is 0 Å². The highest BCUT2D eigenvalue weighted by Gasteiger charge is 2.28. The van der Waals surface area contributed by atoms with Crippen molar-refractivity contribution in [2.75, 3.05) is 18.0 Å². The molecular formula is C16H16FN3O2. The van der Waals surface area contributed by atoms with Crippen molar-refractivity contribution >= 4 is 5.88 Å². The fourth-order valence-corrected chi connectivity index (χ4v) is 2.69. The summed E-state index contributed by atoms with van der Waals surface area (Å²) in [6, 6.07) is 8.24. The van der Waals surface area contributed by atoms with Crippen LogP contribution in [0.2, 0.25) is 0 Å². The second-order valence-corrected chi connectivity index (χ2v) is 5.43. The van der Waals surface area contributed by atoms with E-state index in [0.717, 1.165) is 0 Å². The summed E-state index contributed by atoms with van der Waals surface area (Å²) in [7, 11) is 0. The molecule has 1 aromatic carbocycles. The number of nitriles is 1. The molecule has 3 rings (SSSR count). The number of morpholine rings is 1. The number of halogens is 1. The fraction of sp³-hybridized carbons (Fsp3) is 0.375. The Morgan fingerprint density at radius 1 is 1.27 bits per heavy atom. The molecule has 5 nitrogen and oxygen atoms in total. The van der Waals surface area contributed by atoms with Gasteiger partial charge in [0.25, 0.3) is 0 Å². The zero-order valence-corrected chi connectivity index (χ0v) is 12.4. The lowest BCUT2D eigenvalue weighted by Crippen LogP contribution is -2.45. The number of rotatable bonds is 2. The third kappa shape index (κ3) is 2.68. The maximum absolute atomic E-state index is 13.9. The van der Waals surface area contributed by atoms with Crippen molar-refractivity contribution in [2.45, 2.75) is 26.1 Å². The van der Waals surface area contributed by atoms with Gasteiger partial charge in [0.1, 0.15) is 11.9 Å². The summed E-state index contributed by atoms with van der Waals surface area (Å²) in [4.78, 5) is 6.06. The average molecular weight is 301 g/mol. The molecule has 0 N–H and O–H groups in total. The zero-order chi connectivity index (χ0) is 15.7. The van der Waals surface area contributed by atoms with Crippen LogP contribution in [0.25, 0.3) is 11.5 Å². The number of benzene rings is 1. The summed E-state index contributed by atoms with van der Waals surface area (Å²) in [6.07, 6.45) is 0.0506. The highest BCUT2D eigenvalue weighted by molar-refractivity contribution is 5.60. The van der Waals surface area contributed by atoms with E-state index in [9.17, 15) is 9.65 Å². The van der Waals surface area contributed by atoms with Crippen LogP contribution in [0.15, 0.2) is 28.7 Å². The zero-order valence-electron chi connectivity index (χ0n) is 12.4. The highest BCUT2D eigenvalue weighted by Crippen LogP contribution is 2.31. The summed E-state index contributed by atoms with van der Waals surface area (Å²) in [5, 5.41) is 9.29. The predicted octanol–water partition coefficient (Wildman–Crippen LogP) is 2.97. The van der Waals surface area contributed by atoms with Gasteiger partial charge in [0, 0.05) is 13.1 Å². The van der Waals surface area contributed by atoms with Gasteiger partial charge in [-0.1, -0.05) is 12.1 Å². The van der Waals surface area contributed by atoms with E-state index in [1.54, 1.807) is 18.2 Å². The normalized spacial score (nSPS) is 21.6. The first kappa shape index (κ1) is 14.5. The minimum Gasteiger partial charge on any atom is -0.419 e. The minimum absolute atomic E-state index is 0.0253. The Morgan fingerprint density at radius 3 is 2.59 bits per heavy atom. The Morgan fingerprint density at radius 2 is 1.95 bits per heavy atom. The van der Waals surface area contributed by atoms with Crippen LogP contribution < -0.4 is 4.90 Å². The number of aromatic nitrogens is 1. The van der Waals surface area contributed by atoms with Crippen molar-refractivity contribution < 1.29 is 13.5 Å². The van der Waals surface area contributed by atoms with E-state index in [2.05, 4.69) is 4.98 Å². The standard InChI is InChI=1S/C16H16FN3O2/c1-10-8-20(9-11(2)21-10)16-14(7-18)19-15(22-16)12-5-3-4-6-13(12)17/h3-6,10-11H,8-9H2,1-2H3. The molecule has 1 aromatic heterocycles. The van der Waals surface area contributed by atoms with Crippen LogP contribution in [-0.4, -0.2) is 30.3 Å². The first-order chi connectivity index (χ1) is 10.6. The van der Waals surface area contributed by atoms with E-state index in [-0.39, 0.29) is 29.4 Å². The number of oxazole rings is 1. The Labute approximate surface area is 127 Å². The predicted molar refractivity (Wildman–Crippen MR) is 78.8 cm³/mol. The van der Waals surface area contributed by atoms with Crippen molar-refractivity contribution in [2.24, 2.45) is 0 Å². The molecule has 1 aliphatic heterocycles. The lowest BCUT2D eigenvalue weighted by atomic mass is 10.2. The first-order valence-corrected chi connectivity index (χ1v) is 7.14. The van der Waals surface area contributed by atoms with Crippen LogP contribution in [0.3, 0.4) is 0 Å². The van der Waals surface area contributed by atoms with E-state index in [4.69, 9.17) is 9.15 Å². The molecule has 1 fully saturated rings. The molecule has 0 saturated carbocycles. The number of nitrogens with zero attached hydrogens (tertiary/aromatic N) is 3. The molecule has 114 valence electrons. The highest BCUT2D eigenvalue weighted by atomic mass is 19.1. The van der Waals surface area contributed by atoms with Crippen molar-refractivity contribution in [3.05, 3.63) is 35.8 Å². The van der Waals surface area contributed by atoms with E-state index in [0.29, 0.717) is 19.0 Å². The molecule has 1 aliphatic rings. The van der Waals surface area contributed by atoms with Gasteiger partial charge in [0.05, 0.1) is 17.8 Å². The van der Waals surface area contributed by atoms with Crippen molar-refractivity contribution in [3.8, 4) is 17.5 Å². The lowest BCUT2D eigenvalue weighted by molar-refractivity contribution is -0.00638. The van der Waals surface area contributed by atoms with Gasteiger partial charge in [0.15, 0.2) is 0 Å². The fourth-order valence-electron chi connectivity index (χ4n) is 2.69. The summed E-state index contributed by atoms with van der Waals surface area (Å²) in [5.41, 5.74) is 0.416. The molecule has 22 heavy (non-hydrogen) atoms. The summed E-state index contributed by atoms with van der Waals surface area (Å²) in [5.74, 6) is 0.0719. The molecule has 0 bridgehead atoms. The number of hydrogen-bond donors (Lipinski definition) is 0. The molecular weight excluding hydrogens is 285 g/mol. The molecule has 0 amide bonds. The van der Waals surface area contributed by atoms with Crippen LogP contribution in [0.1, 0.15) is 19.5 Å². The molecule has 0 spiro atoms. The second-order valence-electron chi connectivity index (χ2n) is 5.43. The quantitative estimate of drug-likeness (QED) is 0.853. The Bertz CT molecular complexity index is 712. The Kier molecular flexibility index (Phi) is 3.82. The first-order valence-electron chi connectivity index (χ1n) is 7.14. The van der Waals surface area contributed by atoms with Crippen LogP contribution in [-0.2, 0) is 4.74 Å². The molecule has 2 heterocycles. The monoisotopic (exact) mass is 301 g/mol. The van der Waals surface area contributed by atoms with Crippen LogP contribution in [0.5, 0.6) is 0 Å². The summed E-state index contributed by atoms with van der Waals surface area (Å²) in [6.45, 7) is 5.13. The van der Waals surface area contributed by atoms with E-state index < -0.39 is 5.82 Å². The molecule has 2 atom stereocenters. The number of anilines is 1. The Balaban J connectivity index is 1.99. The van der Waals surface area contributed by atoms with Gasteiger partial charge in [-0.05, 0) is 26.0 Å². The third-order valence-electron chi connectivity index (χ3n) is 3.53. The maximum Gasteiger partial charge on any atom is 0.235 e. The molecule has 0 radical (unpaired) electrons. The minimum atomic E-state index is -0.427. The third-order valence-corrected chi connectivity index (χ3v) is 3.53. The van der Waals surface area contributed by atoms with Gasteiger partial charge in [-0.2, -0.15) is 10.2 Å². The number of hydrogen-bond acceptors (Lipinski definition) is 5. The summed E-state index contributed by atoms with van der Waals surface area (Å²) >= 11 is 0.